The van der Waals surface area contributed by atoms with E-state index >= 15 is 4.79 Å². The van der Waals surface area contributed by atoms with Gasteiger partial charge in [0.15, 0.2) is 31.5 Å². The number of aliphatic hydroxyl groups is 17. The van der Waals surface area contributed by atoms with Crippen molar-refractivity contribution in [2.75, 3.05) is 26.4 Å². The van der Waals surface area contributed by atoms with Crippen LogP contribution in [0.1, 0.15) is 127 Å². The summed E-state index contributed by atoms with van der Waals surface area (Å²) in [5, 5.41) is 184. The van der Waals surface area contributed by atoms with E-state index in [0.29, 0.717) is 44.9 Å². The van der Waals surface area contributed by atoms with E-state index in [1.54, 1.807) is 0 Å². The highest BCUT2D eigenvalue weighted by atomic mass is 16.8. The van der Waals surface area contributed by atoms with E-state index in [4.69, 9.17) is 56.8 Å². The lowest BCUT2D eigenvalue weighted by Crippen LogP contribution is -2.66. The fourth-order valence-corrected chi connectivity index (χ4v) is 19.0. The summed E-state index contributed by atoms with van der Waals surface area (Å²) in [7, 11) is 0. The monoisotopic (exact) mass is 1370 g/mol. The van der Waals surface area contributed by atoms with Crippen LogP contribution in [-0.2, 0) is 61.6 Å². The molecular weight excluding hydrogens is 1260 g/mol. The molecule has 4 saturated carbocycles. The molecule has 30 heteroatoms. The van der Waals surface area contributed by atoms with Gasteiger partial charge in [-0.15, -0.1) is 0 Å². The average molecular weight is 1370 g/mol. The third-order valence-electron chi connectivity index (χ3n) is 25.2. The molecule has 17 N–H and O–H groups in total. The van der Waals surface area contributed by atoms with Crippen LogP contribution in [0, 0.1) is 50.2 Å². The summed E-state index contributed by atoms with van der Waals surface area (Å²) in [5.41, 5.74) is -1.49. The Bertz CT molecular complexity index is 2670. The minimum atomic E-state index is -1.91. The van der Waals surface area contributed by atoms with Crippen molar-refractivity contribution in [3.05, 3.63) is 11.6 Å². The molecule has 5 aliphatic carbocycles. The Morgan fingerprint density at radius 3 is 1.71 bits per heavy atom. The number of allylic oxidation sites excluding steroid dienone is 2. The van der Waals surface area contributed by atoms with Gasteiger partial charge in [-0.3, -0.25) is 4.79 Å². The van der Waals surface area contributed by atoms with Gasteiger partial charge in [0.25, 0.3) is 0 Å². The molecule has 0 spiro atoms. The Hall–Kier alpha value is -1.91. The predicted molar refractivity (Wildman–Crippen MR) is 319 cm³/mol. The third-order valence-corrected chi connectivity index (χ3v) is 25.2. The highest BCUT2D eigenvalue weighted by Gasteiger charge is 2.71. The van der Waals surface area contributed by atoms with E-state index in [1.807, 2.05) is 0 Å². The number of ether oxygens (including phenoxy) is 12. The maximum atomic E-state index is 15.3. The second-order valence-corrected chi connectivity index (χ2v) is 31.4. The molecule has 6 aliphatic heterocycles. The number of carbonyl (C=O) groups is 1. The Balaban J connectivity index is 0.762. The van der Waals surface area contributed by atoms with Crippen molar-refractivity contribution >= 4 is 5.97 Å². The quantitative estimate of drug-likeness (QED) is 0.0426. The Labute approximate surface area is 551 Å². The van der Waals surface area contributed by atoms with Crippen LogP contribution in [0.25, 0.3) is 0 Å². The van der Waals surface area contributed by atoms with Crippen molar-refractivity contribution in [3.63, 3.8) is 0 Å². The van der Waals surface area contributed by atoms with Gasteiger partial charge in [0, 0.05) is 0 Å². The fraction of sp³-hybridized carbons (Fsp3) is 0.954. The minimum absolute atomic E-state index is 0.0952. The summed E-state index contributed by atoms with van der Waals surface area (Å²) in [4.78, 5) is 15.3. The van der Waals surface area contributed by atoms with Crippen LogP contribution in [-0.4, -0.2) is 303 Å². The van der Waals surface area contributed by atoms with E-state index < -0.39 is 226 Å². The van der Waals surface area contributed by atoms with Gasteiger partial charge < -0.3 is 144 Å². The van der Waals surface area contributed by atoms with Gasteiger partial charge in [-0.2, -0.15) is 0 Å². The van der Waals surface area contributed by atoms with Gasteiger partial charge in [-0.05, 0) is 123 Å². The third kappa shape index (κ3) is 12.9. The van der Waals surface area contributed by atoms with Gasteiger partial charge >= 0.3 is 5.97 Å². The van der Waals surface area contributed by atoms with Gasteiger partial charge in [-0.25, -0.2) is 0 Å². The molecule has 0 aromatic carbocycles. The first-order valence-electron chi connectivity index (χ1n) is 34.0. The molecule has 0 aromatic heterocycles. The van der Waals surface area contributed by atoms with Gasteiger partial charge in [0.05, 0.1) is 50.2 Å². The molecule has 0 bridgehead atoms. The standard InChI is InChI=1S/C65H106O30/c1-25-36(69)41(74)45(78)54(86-25)92-50-31(22-67)89-53(48(81)44(50)77)85-24-32-40(73)43(76)47(80)56(90-32)95-59(83)65-18-16-60(3,4)20-28(65)27-10-11-34-62(7)14-13-35(61(5,6)33(62)12-15-64(34,9)63(27,8)17-19-65)91-58-52(38(71)29(68)23-84-58)94-57-49(82)51(37(70)26(2)87-57)93-55-46(79)42(75)39(72)30(21-66)88-55/h10,25-26,28-58,66-82H,11-24H2,1-9H3/t25-,26-,28-,29+,30+,31+,32+,33-,34+,35-,36-,37-,38-,39+,40+,41+,42-,43-,44+,45+,46+,47+,48+,49+,50+,51+,52-,53+,54-,55-,56-,57-,58-,62-,63+,64+,65-/m0/s1. The number of aliphatic hydroxyl groups excluding tert-OH is 17. The van der Waals surface area contributed by atoms with Crippen molar-refractivity contribution < 1.29 is 148 Å². The minimum Gasteiger partial charge on any atom is -0.432 e. The summed E-state index contributed by atoms with van der Waals surface area (Å²) in [6.07, 6.45) is -38.5. The highest BCUT2D eigenvalue weighted by Crippen LogP contribution is 2.76. The van der Waals surface area contributed by atoms with Crippen molar-refractivity contribution in [3.8, 4) is 0 Å². The van der Waals surface area contributed by atoms with E-state index in [0.717, 1.165) is 19.3 Å². The first kappa shape index (κ1) is 74.3. The summed E-state index contributed by atoms with van der Waals surface area (Å²) < 4.78 is 71.6. The second-order valence-electron chi connectivity index (χ2n) is 31.4. The van der Waals surface area contributed by atoms with Crippen LogP contribution < -0.4 is 0 Å². The number of hydrogen-bond acceptors (Lipinski definition) is 30. The van der Waals surface area contributed by atoms with Crippen molar-refractivity contribution in [1.29, 1.82) is 0 Å². The molecule has 0 radical (unpaired) electrons. The van der Waals surface area contributed by atoms with E-state index in [2.05, 4.69) is 54.5 Å². The van der Waals surface area contributed by atoms with E-state index in [1.165, 1.54) is 19.4 Å². The smallest absolute Gasteiger partial charge is 0.315 e. The molecule has 95 heavy (non-hydrogen) atoms. The van der Waals surface area contributed by atoms with Crippen LogP contribution in [0.15, 0.2) is 11.6 Å². The van der Waals surface area contributed by atoms with E-state index in [-0.39, 0.29) is 40.6 Å². The van der Waals surface area contributed by atoms with Crippen molar-refractivity contribution in [2.45, 2.75) is 311 Å². The predicted octanol–water partition coefficient (Wildman–Crippen LogP) is -3.69. The lowest BCUT2D eigenvalue weighted by molar-refractivity contribution is -0.382. The van der Waals surface area contributed by atoms with Gasteiger partial charge in [-0.1, -0.05) is 60.1 Å². The molecule has 0 aromatic rings. The van der Waals surface area contributed by atoms with Crippen molar-refractivity contribution in [1.82, 2.24) is 0 Å². The Kier molecular flexibility index (Phi) is 21.7. The molecule has 11 rings (SSSR count). The van der Waals surface area contributed by atoms with Crippen molar-refractivity contribution in [2.24, 2.45) is 50.2 Å². The summed E-state index contributed by atoms with van der Waals surface area (Å²) >= 11 is 0. The molecular formula is C65H106O30. The molecule has 0 unspecified atom stereocenters. The number of hydrogen-bond donors (Lipinski definition) is 17. The zero-order valence-corrected chi connectivity index (χ0v) is 55.4. The topological polar surface area (TPSA) is 472 Å². The van der Waals surface area contributed by atoms with Gasteiger partial charge in [0.2, 0.25) is 6.29 Å². The van der Waals surface area contributed by atoms with Crippen LogP contribution in [0.2, 0.25) is 0 Å². The molecule has 0 amide bonds. The number of carbonyl (C=O) groups excluding carboxylic acids is 1. The molecule has 37 atom stereocenters. The SMILES string of the molecule is C[C@@H]1O[C@@H](O[C@H]2[C@H](O)[C@@H](O)[C@H](OC[C@H]3O[C@@H](OC(=O)[C@]45CCC(C)(C)C[C@H]4C4=CC[C@@H]6[C@@]7(C)CC[C@H](O[C@@H]8OC[C@@H](O)[C@H](O)[C@@H]8O[C@@H]8O[C@@H](C)[C@H](O)[C@@H](O[C@@H]9O[C@H](CO)[C@@H](O)[C@H](O)[C@H]9O)[C@H]8O)C(C)(C)[C@@H]7CC[C@@]6(C)[C@]4(C)CC5)[C@H](O)[C@@H](O)[C@@H]3O)O[C@@H]2CO)[C@H](O)[C@H](O)[C@H]1O. The Morgan fingerprint density at radius 2 is 1.04 bits per heavy atom. The first-order chi connectivity index (χ1) is 44.5. The lowest BCUT2D eigenvalue weighted by Gasteiger charge is -2.71. The van der Waals surface area contributed by atoms with Crippen LogP contribution in [0.5, 0.6) is 0 Å². The summed E-state index contributed by atoms with van der Waals surface area (Å²) in [6.45, 7) is 16.2. The van der Waals surface area contributed by atoms with Crippen LogP contribution >= 0.6 is 0 Å². The number of fused-ring (bicyclic) bond motifs is 7. The van der Waals surface area contributed by atoms with Crippen LogP contribution in [0.4, 0.5) is 0 Å². The number of esters is 1. The summed E-state index contributed by atoms with van der Waals surface area (Å²) in [6, 6.07) is 0. The zero-order valence-electron chi connectivity index (χ0n) is 55.4. The molecule has 30 nitrogen and oxygen atoms in total. The molecule has 10 fully saturated rings. The zero-order chi connectivity index (χ0) is 69.3. The number of rotatable bonds is 15. The molecule has 6 saturated heterocycles. The fourth-order valence-electron chi connectivity index (χ4n) is 19.0. The average Bonchev–Trinajstić information content (AvgIpc) is 0.673. The van der Waals surface area contributed by atoms with E-state index in [9.17, 15) is 86.8 Å². The molecule has 546 valence electrons. The highest BCUT2D eigenvalue weighted by molar-refractivity contribution is 5.79. The first-order valence-corrected chi connectivity index (χ1v) is 34.0. The van der Waals surface area contributed by atoms with Crippen LogP contribution in [0.3, 0.4) is 0 Å². The normalized spacial score (nSPS) is 54.6. The molecule has 11 aliphatic rings. The lowest BCUT2D eigenvalue weighted by atomic mass is 9.33. The largest absolute Gasteiger partial charge is 0.432 e. The maximum Gasteiger partial charge on any atom is 0.315 e. The van der Waals surface area contributed by atoms with Gasteiger partial charge in [0.1, 0.15) is 128 Å². The maximum absolute atomic E-state index is 15.3. The Morgan fingerprint density at radius 1 is 0.495 bits per heavy atom. The molecule has 6 heterocycles. The second kappa shape index (κ2) is 27.7. The summed E-state index contributed by atoms with van der Waals surface area (Å²) in [5.74, 6) is -0.646.